The van der Waals surface area contributed by atoms with Gasteiger partial charge in [-0.15, -0.1) is 12.4 Å². The van der Waals surface area contributed by atoms with Crippen LogP contribution in [0.25, 0.3) is 17.0 Å². The molecule has 0 saturated heterocycles. The molecule has 0 saturated carbocycles. The third kappa shape index (κ3) is 4.44. The van der Waals surface area contributed by atoms with Crippen molar-refractivity contribution in [2.75, 3.05) is 13.6 Å². The fourth-order valence-electron chi connectivity index (χ4n) is 2.49. The van der Waals surface area contributed by atoms with Crippen molar-refractivity contribution in [3.05, 3.63) is 77.8 Å². The van der Waals surface area contributed by atoms with Crippen molar-refractivity contribution in [2.45, 2.75) is 6.54 Å². The largest absolute Gasteiger partial charge is 0.464 e. The molecule has 0 fully saturated rings. The minimum atomic E-state index is -0.208. The van der Waals surface area contributed by atoms with Crippen LogP contribution in [0.4, 0.5) is 4.39 Å². The van der Waals surface area contributed by atoms with Gasteiger partial charge in [0.05, 0.1) is 6.26 Å². The molecule has 2 nitrogen and oxygen atoms in total. The van der Waals surface area contributed by atoms with Gasteiger partial charge < -0.3 is 4.42 Å². The minimum Gasteiger partial charge on any atom is -0.464 e. The first-order valence-electron chi connectivity index (χ1n) is 7.28. The van der Waals surface area contributed by atoms with E-state index in [0.29, 0.717) is 0 Å². The molecule has 4 heteroatoms. The Morgan fingerprint density at radius 1 is 1.13 bits per heavy atom. The van der Waals surface area contributed by atoms with Gasteiger partial charge in [0.2, 0.25) is 0 Å². The molecule has 3 aromatic rings. The normalized spacial score (nSPS) is 11.3. The molecule has 0 aliphatic heterocycles. The van der Waals surface area contributed by atoms with E-state index in [-0.39, 0.29) is 18.2 Å². The molecule has 1 heterocycles. The maximum atomic E-state index is 13.1. The predicted molar refractivity (Wildman–Crippen MR) is 95.2 cm³/mol. The highest BCUT2D eigenvalue weighted by Crippen LogP contribution is 2.21. The molecule has 1 aromatic heterocycles. The number of fused-ring (bicyclic) bond motifs is 1. The van der Waals surface area contributed by atoms with E-state index in [9.17, 15) is 4.39 Å². The van der Waals surface area contributed by atoms with Crippen LogP contribution < -0.4 is 0 Å². The summed E-state index contributed by atoms with van der Waals surface area (Å²) >= 11 is 0. The third-order valence-electron chi connectivity index (χ3n) is 3.58. The van der Waals surface area contributed by atoms with Gasteiger partial charge in [-0.05, 0) is 30.8 Å². The molecule has 120 valence electrons. The molecule has 23 heavy (non-hydrogen) atoms. The Balaban J connectivity index is 0.00000192. The molecule has 0 N–H and O–H groups in total. The molecular weight excluding hydrogens is 313 g/mol. The van der Waals surface area contributed by atoms with E-state index < -0.39 is 0 Å². The fraction of sp³-hybridized carbons (Fsp3) is 0.158. The van der Waals surface area contributed by atoms with Crippen LogP contribution in [0, 0.1) is 5.82 Å². The Hall–Kier alpha value is -2.10. The molecule has 2 aromatic carbocycles. The van der Waals surface area contributed by atoms with Gasteiger partial charge in [0.25, 0.3) is 0 Å². The lowest BCUT2D eigenvalue weighted by Gasteiger charge is -2.13. The van der Waals surface area contributed by atoms with Crippen molar-refractivity contribution < 1.29 is 8.81 Å². The maximum Gasteiger partial charge on any atom is 0.134 e. The Morgan fingerprint density at radius 2 is 1.96 bits per heavy atom. The first kappa shape index (κ1) is 17.3. The summed E-state index contributed by atoms with van der Waals surface area (Å²) in [5.74, 6) is -0.208. The van der Waals surface area contributed by atoms with Gasteiger partial charge in [-0.2, -0.15) is 0 Å². The summed E-state index contributed by atoms with van der Waals surface area (Å²) in [7, 11) is 2.05. The van der Waals surface area contributed by atoms with E-state index >= 15 is 0 Å². The smallest absolute Gasteiger partial charge is 0.134 e. The second kappa shape index (κ2) is 7.95. The highest BCUT2D eigenvalue weighted by Gasteiger charge is 2.06. The van der Waals surface area contributed by atoms with E-state index in [4.69, 9.17) is 4.42 Å². The lowest BCUT2D eigenvalue weighted by molar-refractivity contribution is 0.363. The summed E-state index contributed by atoms with van der Waals surface area (Å²) < 4.78 is 18.6. The molecule has 0 aliphatic carbocycles. The SMILES string of the molecule is CN(C/C=C/c1cccc(F)c1)Cc1coc2ccccc12.Cl. The highest BCUT2D eigenvalue weighted by molar-refractivity contribution is 5.85. The molecule has 0 radical (unpaired) electrons. The van der Waals surface area contributed by atoms with Crippen molar-refractivity contribution in [2.24, 2.45) is 0 Å². The Bertz CT molecular complexity index is 797. The van der Waals surface area contributed by atoms with Gasteiger partial charge in [-0.25, -0.2) is 4.39 Å². The number of para-hydroxylation sites is 1. The summed E-state index contributed by atoms with van der Waals surface area (Å²) in [5, 5.41) is 1.16. The minimum absolute atomic E-state index is 0. The Morgan fingerprint density at radius 3 is 2.78 bits per heavy atom. The van der Waals surface area contributed by atoms with Crippen LogP contribution in [-0.2, 0) is 6.54 Å². The average Bonchev–Trinajstić information content (AvgIpc) is 2.91. The van der Waals surface area contributed by atoms with Gasteiger partial charge in [0, 0.05) is 24.0 Å². The Kier molecular flexibility index (Phi) is 5.97. The summed E-state index contributed by atoms with van der Waals surface area (Å²) in [5.41, 5.74) is 2.97. The molecule has 0 amide bonds. The molecule has 3 rings (SSSR count). The monoisotopic (exact) mass is 331 g/mol. The molecule has 0 atom stereocenters. The number of furan rings is 1. The summed E-state index contributed by atoms with van der Waals surface area (Å²) in [4.78, 5) is 2.19. The average molecular weight is 332 g/mol. The molecule has 0 aliphatic rings. The number of nitrogens with zero attached hydrogens (tertiary/aromatic N) is 1. The number of hydrogen-bond acceptors (Lipinski definition) is 2. The standard InChI is InChI=1S/C19H18FNO.ClH/c1-21(11-5-7-15-6-4-8-17(20)12-15)13-16-14-22-19-10-3-2-9-18(16)19;/h2-10,12,14H,11,13H2,1H3;1H/b7-5+;. The van der Waals surface area contributed by atoms with Crippen LogP contribution in [0.1, 0.15) is 11.1 Å². The fourth-order valence-corrected chi connectivity index (χ4v) is 2.49. The van der Waals surface area contributed by atoms with Gasteiger partial charge in [0.15, 0.2) is 0 Å². The van der Waals surface area contributed by atoms with Crippen LogP contribution >= 0.6 is 12.4 Å². The van der Waals surface area contributed by atoms with E-state index in [0.717, 1.165) is 29.6 Å². The van der Waals surface area contributed by atoms with E-state index in [1.54, 1.807) is 6.07 Å². The van der Waals surface area contributed by atoms with E-state index in [1.165, 1.54) is 17.7 Å². The van der Waals surface area contributed by atoms with Crippen LogP contribution in [0.5, 0.6) is 0 Å². The topological polar surface area (TPSA) is 16.4 Å². The second-order valence-electron chi connectivity index (χ2n) is 5.41. The zero-order chi connectivity index (χ0) is 15.4. The highest BCUT2D eigenvalue weighted by atomic mass is 35.5. The first-order valence-corrected chi connectivity index (χ1v) is 7.28. The van der Waals surface area contributed by atoms with Gasteiger partial charge in [0.1, 0.15) is 11.4 Å². The quantitative estimate of drug-likeness (QED) is 0.643. The van der Waals surface area contributed by atoms with Crippen molar-refractivity contribution in [3.63, 3.8) is 0 Å². The van der Waals surface area contributed by atoms with Gasteiger partial charge in [-0.1, -0.05) is 42.5 Å². The van der Waals surface area contributed by atoms with Crippen LogP contribution in [0.2, 0.25) is 0 Å². The summed E-state index contributed by atoms with van der Waals surface area (Å²) in [6, 6.07) is 14.6. The lowest BCUT2D eigenvalue weighted by atomic mass is 10.1. The first-order chi connectivity index (χ1) is 10.7. The maximum absolute atomic E-state index is 13.1. The molecular formula is C19H19ClFNO. The molecule has 0 unspecified atom stereocenters. The number of halogens is 2. The van der Waals surface area contributed by atoms with E-state index in [2.05, 4.69) is 18.0 Å². The van der Waals surface area contributed by atoms with E-state index in [1.807, 2.05) is 42.7 Å². The number of hydrogen-bond donors (Lipinski definition) is 0. The summed E-state index contributed by atoms with van der Waals surface area (Å²) in [6.07, 6.45) is 5.79. The number of likely N-dealkylation sites (N-methyl/N-ethyl adjacent to an activating group) is 1. The molecule has 0 bridgehead atoms. The zero-order valence-electron chi connectivity index (χ0n) is 12.9. The van der Waals surface area contributed by atoms with Crippen molar-refractivity contribution in [1.82, 2.24) is 4.90 Å². The summed E-state index contributed by atoms with van der Waals surface area (Å²) in [6.45, 7) is 1.60. The second-order valence-corrected chi connectivity index (χ2v) is 5.41. The third-order valence-corrected chi connectivity index (χ3v) is 3.58. The lowest BCUT2D eigenvalue weighted by Crippen LogP contribution is -2.17. The predicted octanol–water partition coefficient (Wildman–Crippen LogP) is 5.14. The Labute approximate surface area is 141 Å². The number of rotatable bonds is 5. The molecule has 0 spiro atoms. The van der Waals surface area contributed by atoms with Crippen molar-refractivity contribution in [1.29, 1.82) is 0 Å². The van der Waals surface area contributed by atoms with Crippen LogP contribution in [0.3, 0.4) is 0 Å². The van der Waals surface area contributed by atoms with Gasteiger partial charge in [-0.3, -0.25) is 4.90 Å². The van der Waals surface area contributed by atoms with Crippen LogP contribution in [0.15, 0.2) is 65.3 Å². The van der Waals surface area contributed by atoms with Crippen LogP contribution in [-0.4, -0.2) is 18.5 Å². The van der Waals surface area contributed by atoms with Crippen molar-refractivity contribution in [3.8, 4) is 0 Å². The van der Waals surface area contributed by atoms with Crippen molar-refractivity contribution >= 4 is 29.5 Å². The number of benzene rings is 2. The van der Waals surface area contributed by atoms with Gasteiger partial charge >= 0.3 is 0 Å². The zero-order valence-corrected chi connectivity index (χ0v) is 13.7.